The third-order valence-electron chi connectivity index (χ3n) is 18.0. The Labute approximate surface area is 381 Å². The molecule has 8 aliphatic rings. The van der Waals surface area contributed by atoms with Crippen LogP contribution < -0.4 is 0 Å². The van der Waals surface area contributed by atoms with Gasteiger partial charge in [0.05, 0.1) is 70.3 Å². The summed E-state index contributed by atoms with van der Waals surface area (Å²) in [5.41, 5.74) is -6.98. The van der Waals surface area contributed by atoms with Crippen molar-refractivity contribution in [3.05, 3.63) is 71.8 Å². The van der Waals surface area contributed by atoms with E-state index in [0.29, 0.717) is 12.8 Å². The van der Waals surface area contributed by atoms with Crippen molar-refractivity contribution in [2.75, 3.05) is 34.5 Å². The quantitative estimate of drug-likeness (QED) is 0.166. The molecule has 3 aliphatic carbocycles. The number of methoxy groups -OCH3 is 3. The Hall–Kier alpha value is -3.13. The number of ketones is 1. The van der Waals surface area contributed by atoms with Gasteiger partial charge < -0.3 is 56.9 Å². The molecule has 0 amide bonds. The fourth-order valence-corrected chi connectivity index (χ4v) is 15.5. The smallest absolute Gasteiger partial charge is 0.366 e. The molecule has 2 bridgehead atoms. The first kappa shape index (κ1) is 45.6. The van der Waals surface area contributed by atoms with E-state index in [-0.39, 0.29) is 37.9 Å². The number of Topliss-reactive ketones (excluding diaryl/α,β-unsaturated/α-hetero) is 1. The number of hydrogen-bond acceptors (Lipinski definition) is 15. The molecule has 10 rings (SSSR count). The van der Waals surface area contributed by atoms with E-state index in [1.807, 2.05) is 67.6 Å². The zero-order valence-electron chi connectivity index (χ0n) is 39.1. The summed E-state index contributed by atoms with van der Waals surface area (Å²) in [6.07, 6.45) is -5.17. The average Bonchev–Trinajstić information content (AvgIpc) is 3.66. The molecular formula is C49H64O15Si. The summed E-state index contributed by atoms with van der Waals surface area (Å²) in [5.74, 6) is -7.11. The maximum absolute atomic E-state index is 16.5. The van der Waals surface area contributed by atoms with Crippen LogP contribution in [0.2, 0.25) is 18.1 Å². The predicted molar refractivity (Wildman–Crippen MR) is 231 cm³/mol. The minimum Gasteiger partial charge on any atom is -0.468 e. The standard InChI is InChI=1S/C49H64O15Si/c1-42(2,3)65(9,10)63-32-22-31(50)45-27-60-48(40(53)56-8,59-25-29-19-15-12-16-20-29)38(45)43(4,37(51)35-36(45)46(32,26-57-35)39(52)55-7)49-33-21-30(44(49,5)64-49)47(23-34(54-6)62-41(47)61-33)58-24-28-17-13-11-14-18-28/h11-20,30-36,38,41,50H,21-27H2,1-10H3/t30?,31-,32+,33?,34-,35+,36+,38?,41+,43+,44?,45-,46-,47?,48-,49-/m0/s1. The fourth-order valence-electron chi connectivity index (χ4n) is 14.2. The van der Waals surface area contributed by atoms with Crippen molar-refractivity contribution >= 4 is 26.0 Å². The van der Waals surface area contributed by atoms with Crippen LogP contribution in [-0.4, -0.2) is 125 Å². The van der Waals surface area contributed by atoms with E-state index >= 15 is 9.59 Å². The van der Waals surface area contributed by atoms with Gasteiger partial charge in [-0.15, -0.1) is 0 Å². The predicted octanol–water partition coefficient (Wildman–Crippen LogP) is 5.24. The van der Waals surface area contributed by atoms with Crippen LogP contribution in [0.5, 0.6) is 0 Å². The van der Waals surface area contributed by atoms with Crippen molar-refractivity contribution in [2.45, 2.75) is 145 Å². The van der Waals surface area contributed by atoms with E-state index in [0.717, 1.165) is 11.1 Å². The van der Waals surface area contributed by atoms with Gasteiger partial charge in [-0.2, -0.15) is 0 Å². The zero-order chi connectivity index (χ0) is 46.4. The molecule has 5 unspecified atom stereocenters. The van der Waals surface area contributed by atoms with E-state index in [1.54, 1.807) is 14.0 Å². The molecule has 5 heterocycles. The number of aliphatic hydroxyl groups is 1. The van der Waals surface area contributed by atoms with E-state index in [2.05, 4.69) is 33.9 Å². The number of carbonyl (C=O) groups excluding carboxylic acids is 3. The number of hydrogen-bond donors (Lipinski definition) is 1. The number of esters is 2. The second kappa shape index (κ2) is 14.9. The second-order valence-corrected chi connectivity index (χ2v) is 26.4. The van der Waals surface area contributed by atoms with E-state index in [4.69, 9.17) is 51.8 Å². The van der Waals surface area contributed by atoms with Crippen LogP contribution in [0.25, 0.3) is 0 Å². The Kier molecular flexibility index (Phi) is 10.5. The molecule has 15 nitrogen and oxygen atoms in total. The summed E-state index contributed by atoms with van der Waals surface area (Å²) >= 11 is 0. The molecule has 1 spiro atoms. The van der Waals surface area contributed by atoms with Gasteiger partial charge in [-0.3, -0.25) is 9.59 Å². The van der Waals surface area contributed by atoms with Crippen molar-refractivity contribution in [1.82, 2.24) is 0 Å². The lowest BCUT2D eigenvalue weighted by molar-refractivity contribution is -0.312. The van der Waals surface area contributed by atoms with Gasteiger partial charge in [-0.25, -0.2) is 4.79 Å². The summed E-state index contributed by atoms with van der Waals surface area (Å²) in [7, 11) is 1.46. The summed E-state index contributed by atoms with van der Waals surface area (Å²) in [4.78, 5) is 46.4. The normalized spacial score (nSPS) is 45.6. The van der Waals surface area contributed by atoms with E-state index < -0.39 is 120 Å². The lowest BCUT2D eigenvalue weighted by atomic mass is 9.38. The Morgan fingerprint density at radius 2 is 1.49 bits per heavy atom. The monoisotopic (exact) mass is 920 g/mol. The number of carbonyl (C=O) groups is 3. The van der Waals surface area contributed by atoms with Crippen LogP contribution in [0.15, 0.2) is 60.7 Å². The lowest BCUT2D eigenvalue weighted by Gasteiger charge is -2.64. The third-order valence-corrected chi connectivity index (χ3v) is 22.5. The van der Waals surface area contributed by atoms with E-state index in [1.165, 1.54) is 14.2 Å². The van der Waals surface area contributed by atoms with Crippen molar-refractivity contribution in [1.29, 1.82) is 0 Å². The van der Waals surface area contributed by atoms with Crippen molar-refractivity contribution in [2.24, 2.45) is 34.0 Å². The van der Waals surface area contributed by atoms with Crippen LogP contribution in [0.1, 0.15) is 65.0 Å². The van der Waals surface area contributed by atoms with E-state index in [9.17, 15) is 9.90 Å². The molecule has 3 saturated carbocycles. The van der Waals surface area contributed by atoms with Gasteiger partial charge in [0.2, 0.25) is 0 Å². The van der Waals surface area contributed by atoms with Gasteiger partial charge in [0.1, 0.15) is 28.3 Å². The van der Waals surface area contributed by atoms with Crippen LogP contribution in [0.4, 0.5) is 0 Å². The Bertz CT molecular complexity index is 2220. The molecule has 5 aliphatic heterocycles. The molecule has 2 aromatic rings. The highest BCUT2D eigenvalue weighted by atomic mass is 28.4. The van der Waals surface area contributed by atoms with Crippen molar-refractivity contribution in [3.63, 3.8) is 0 Å². The lowest BCUT2D eigenvalue weighted by Crippen LogP contribution is -2.78. The molecule has 5 saturated heterocycles. The van der Waals surface area contributed by atoms with Gasteiger partial charge >= 0.3 is 11.9 Å². The second-order valence-electron chi connectivity index (χ2n) is 21.6. The third kappa shape index (κ3) is 5.67. The number of fused-ring (bicyclic) bond motifs is 7. The summed E-state index contributed by atoms with van der Waals surface area (Å²) in [6, 6.07) is 19.1. The van der Waals surface area contributed by atoms with Crippen molar-refractivity contribution in [3.8, 4) is 0 Å². The average molecular weight is 921 g/mol. The summed E-state index contributed by atoms with van der Waals surface area (Å²) in [5, 5.41) is 13.0. The fraction of sp³-hybridized carbons (Fsp3) is 0.694. The van der Waals surface area contributed by atoms with Gasteiger partial charge in [-0.05, 0) is 49.5 Å². The SMILES string of the molecule is COC(=O)[C@@]1(OCc2ccccc2)OC[C@]23C1[C@](C)([C@]14OC1(C)C1CC4O[C@@H]4O[C@H](OC)CC14OCc1ccccc1)C(=O)[C@@H]1OC[C@](C(=O)OC)([C@H](O[Si](C)(C)C(C)(C)C)C[C@@H]2O)[C@H]13. The number of aliphatic hydroxyl groups excluding tert-OH is 1. The number of benzene rings is 2. The molecular weight excluding hydrogens is 857 g/mol. The summed E-state index contributed by atoms with van der Waals surface area (Å²) in [6.45, 7) is 13.8. The summed E-state index contributed by atoms with van der Waals surface area (Å²) < 4.78 is 72.6. The Morgan fingerprint density at radius 1 is 0.862 bits per heavy atom. The van der Waals surface area contributed by atoms with Gasteiger partial charge in [0, 0.05) is 37.2 Å². The Morgan fingerprint density at radius 3 is 2.09 bits per heavy atom. The minimum atomic E-state index is -2.67. The number of ether oxygens (including phenoxy) is 10. The molecule has 0 radical (unpaired) electrons. The first-order chi connectivity index (χ1) is 30.7. The zero-order valence-corrected chi connectivity index (χ0v) is 40.1. The molecule has 0 aromatic heterocycles. The largest absolute Gasteiger partial charge is 0.468 e. The van der Waals surface area contributed by atoms with Crippen molar-refractivity contribution < 1.29 is 71.3 Å². The van der Waals surface area contributed by atoms with Gasteiger partial charge in [0.25, 0.3) is 5.79 Å². The number of epoxide rings is 1. The first-order valence-corrected chi connectivity index (χ1v) is 25.9. The highest BCUT2D eigenvalue weighted by Gasteiger charge is 2.97. The topological polar surface area (TPSA) is 176 Å². The van der Waals surface area contributed by atoms with Crippen LogP contribution in [-0.2, 0) is 79.4 Å². The molecule has 16 heteroatoms. The highest BCUT2D eigenvalue weighted by molar-refractivity contribution is 6.74. The molecule has 16 atom stereocenters. The first-order valence-electron chi connectivity index (χ1n) is 23.0. The minimum absolute atomic E-state index is 0.0489. The van der Waals surface area contributed by atoms with Gasteiger partial charge in [-0.1, -0.05) is 81.4 Å². The Balaban J connectivity index is 1.16. The van der Waals surface area contributed by atoms with Crippen LogP contribution >= 0.6 is 0 Å². The van der Waals surface area contributed by atoms with Crippen LogP contribution in [0, 0.1) is 34.0 Å². The molecule has 1 N–H and O–H groups in total. The maximum atomic E-state index is 16.5. The molecule has 65 heavy (non-hydrogen) atoms. The molecule has 2 aromatic carbocycles. The molecule has 354 valence electrons. The van der Waals surface area contributed by atoms with Crippen LogP contribution in [0.3, 0.4) is 0 Å². The highest BCUT2D eigenvalue weighted by Crippen LogP contribution is 2.83. The molecule has 8 fully saturated rings. The number of rotatable bonds is 12. The maximum Gasteiger partial charge on any atom is 0.366 e. The van der Waals surface area contributed by atoms with Gasteiger partial charge in [0.15, 0.2) is 26.7 Å².